The monoisotopic (exact) mass is 447 g/mol. The molecule has 1 N–H and O–H groups in total. The lowest BCUT2D eigenvalue weighted by molar-refractivity contribution is 0.269. The molecular formula is C24H24Cl2FNO2. The van der Waals surface area contributed by atoms with Gasteiger partial charge in [0.05, 0.1) is 6.61 Å². The molecule has 0 bridgehead atoms. The summed E-state index contributed by atoms with van der Waals surface area (Å²) < 4.78 is 25.4. The predicted molar refractivity (Wildman–Crippen MR) is 120 cm³/mol. The SMILES string of the molecule is CCOc1cc(CNCCc2ccccc2F)c(Cl)cc1OCc1cccc(Cl)c1. The molecule has 0 aromatic heterocycles. The van der Waals surface area contributed by atoms with Gasteiger partial charge in [-0.3, -0.25) is 0 Å². The summed E-state index contributed by atoms with van der Waals surface area (Å²) >= 11 is 12.5. The highest BCUT2D eigenvalue weighted by molar-refractivity contribution is 6.31. The van der Waals surface area contributed by atoms with Crippen LogP contribution in [0.2, 0.25) is 10.0 Å². The van der Waals surface area contributed by atoms with Gasteiger partial charge >= 0.3 is 0 Å². The molecule has 6 heteroatoms. The van der Waals surface area contributed by atoms with Gasteiger partial charge in [0.25, 0.3) is 0 Å². The van der Waals surface area contributed by atoms with Gasteiger partial charge in [-0.2, -0.15) is 0 Å². The highest BCUT2D eigenvalue weighted by atomic mass is 35.5. The molecule has 0 aliphatic rings. The highest BCUT2D eigenvalue weighted by Gasteiger charge is 2.12. The number of halogens is 3. The van der Waals surface area contributed by atoms with Crippen LogP contribution in [0.15, 0.2) is 60.7 Å². The second kappa shape index (κ2) is 11.2. The van der Waals surface area contributed by atoms with Gasteiger partial charge in [-0.15, -0.1) is 0 Å². The standard InChI is InChI=1S/C24H24Cl2FNO2/c1-2-29-23-13-19(15-28-11-10-18-7-3-4-9-22(18)27)21(26)14-24(23)30-16-17-6-5-8-20(25)12-17/h3-9,12-14,28H,2,10-11,15-16H2,1H3. The van der Waals surface area contributed by atoms with Crippen molar-refractivity contribution in [1.82, 2.24) is 5.32 Å². The predicted octanol–water partition coefficient (Wildman–Crippen LogP) is 6.44. The molecule has 3 aromatic carbocycles. The van der Waals surface area contributed by atoms with E-state index in [1.807, 2.05) is 43.3 Å². The zero-order valence-electron chi connectivity index (χ0n) is 16.8. The number of ether oxygens (including phenoxy) is 2. The molecule has 0 amide bonds. The Morgan fingerprint density at radius 2 is 1.70 bits per heavy atom. The summed E-state index contributed by atoms with van der Waals surface area (Å²) in [5.41, 5.74) is 2.54. The van der Waals surface area contributed by atoms with Crippen LogP contribution in [0.25, 0.3) is 0 Å². The van der Waals surface area contributed by atoms with E-state index in [4.69, 9.17) is 32.7 Å². The summed E-state index contributed by atoms with van der Waals surface area (Å²) in [7, 11) is 0. The Labute approximate surface area is 186 Å². The van der Waals surface area contributed by atoms with Crippen molar-refractivity contribution >= 4 is 23.2 Å². The molecule has 0 saturated heterocycles. The zero-order chi connectivity index (χ0) is 21.3. The fourth-order valence-electron chi connectivity index (χ4n) is 3.03. The first-order valence-electron chi connectivity index (χ1n) is 9.83. The second-order valence-corrected chi connectivity index (χ2v) is 7.60. The molecule has 0 unspecified atom stereocenters. The van der Waals surface area contributed by atoms with Crippen LogP contribution >= 0.6 is 23.2 Å². The van der Waals surface area contributed by atoms with Crippen molar-refractivity contribution in [2.24, 2.45) is 0 Å². The van der Waals surface area contributed by atoms with E-state index in [1.165, 1.54) is 6.07 Å². The third kappa shape index (κ3) is 6.36. The molecular weight excluding hydrogens is 424 g/mol. The summed E-state index contributed by atoms with van der Waals surface area (Å²) in [5.74, 6) is 1.03. The van der Waals surface area contributed by atoms with Crippen LogP contribution in [0.3, 0.4) is 0 Å². The highest BCUT2D eigenvalue weighted by Crippen LogP contribution is 2.34. The smallest absolute Gasteiger partial charge is 0.163 e. The quantitative estimate of drug-likeness (QED) is 0.362. The summed E-state index contributed by atoms with van der Waals surface area (Å²) in [4.78, 5) is 0. The lowest BCUT2D eigenvalue weighted by Crippen LogP contribution is -2.17. The van der Waals surface area contributed by atoms with Crippen LogP contribution in [0, 0.1) is 5.82 Å². The number of hydrogen-bond acceptors (Lipinski definition) is 3. The number of nitrogens with one attached hydrogen (secondary N) is 1. The van der Waals surface area contributed by atoms with Gasteiger partial charge in [0.2, 0.25) is 0 Å². The maximum atomic E-state index is 13.7. The van der Waals surface area contributed by atoms with Crippen LogP contribution in [-0.4, -0.2) is 13.2 Å². The molecule has 0 heterocycles. The average molecular weight is 448 g/mol. The van der Waals surface area contributed by atoms with Crippen LogP contribution in [0.1, 0.15) is 23.6 Å². The topological polar surface area (TPSA) is 30.5 Å². The Morgan fingerprint density at radius 3 is 2.47 bits per heavy atom. The van der Waals surface area contributed by atoms with Crippen molar-refractivity contribution in [3.8, 4) is 11.5 Å². The molecule has 0 spiro atoms. The third-order valence-electron chi connectivity index (χ3n) is 4.54. The molecule has 3 aromatic rings. The van der Waals surface area contributed by atoms with Crippen LogP contribution in [-0.2, 0) is 19.6 Å². The third-order valence-corrected chi connectivity index (χ3v) is 5.13. The Hall–Kier alpha value is -2.27. The minimum Gasteiger partial charge on any atom is -0.490 e. The van der Waals surface area contributed by atoms with Crippen molar-refractivity contribution in [2.45, 2.75) is 26.5 Å². The Kier molecular flexibility index (Phi) is 8.38. The van der Waals surface area contributed by atoms with E-state index < -0.39 is 0 Å². The van der Waals surface area contributed by atoms with E-state index in [1.54, 1.807) is 18.2 Å². The van der Waals surface area contributed by atoms with Crippen molar-refractivity contribution in [1.29, 1.82) is 0 Å². The molecule has 0 radical (unpaired) electrons. The minimum absolute atomic E-state index is 0.183. The van der Waals surface area contributed by atoms with E-state index in [0.29, 0.717) is 59.8 Å². The zero-order valence-corrected chi connectivity index (χ0v) is 18.3. The largest absolute Gasteiger partial charge is 0.490 e. The van der Waals surface area contributed by atoms with E-state index in [9.17, 15) is 4.39 Å². The van der Waals surface area contributed by atoms with Gasteiger partial charge in [-0.1, -0.05) is 53.5 Å². The Bertz CT molecular complexity index is 981. The molecule has 158 valence electrons. The molecule has 3 nitrogen and oxygen atoms in total. The van der Waals surface area contributed by atoms with E-state index >= 15 is 0 Å². The molecule has 0 aliphatic carbocycles. The van der Waals surface area contributed by atoms with Gasteiger partial charge in [-0.25, -0.2) is 4.39 Å². The number of benzene rings is 3. The van der Waals surface area contributed by atoms with Gasteiger partial charge in [0, 0.05) is 22.7 Å². The first-order valence-corrected chi connectivity index (χ1v) is 10.6. The van der Waals surface area contributed by atoms with E-state index in [2.05, 4.69) is 5.32 Å². The van der Waals surface area contributed by atoms with E-state index in [-0.39, 0.29) is 5.82 Å². The van der Waals surface area contributed by atoms with Crippen LogP contribution in [0.5, 0.6) is 11.5 Å². The Morgan fingerprint density at radius 1 is 0.900 bits per heavy atom. The van der Waals surface area contributed by atoms with Crippen LogP contribution < -0.4 is 14.8 Å². The summed E-state index contributed by atoms with van der Waals surface area (Å²) in [6, 6.07) is 18.0. The summed E-state index contributed by atoms with van der Waals surface area (Å²) in [6.07, 6.45) is 0.601. The number of rotatable bonds is 10. The van der Waals surface area contributed by atoms with Gasteiger partial charge in [-0.05, 0) is 60.8 Å². The molecule has 30 heavy (non-hydrogen) atoms. The molecule has 0 saturated carbocycles. The maximum absolute atomic E-state index is 13.7. The van der Waals surface area contributed by atoms with Crippen molar-refractivity contribution < 1.29 is 13.9 Å². The maximum Gasteiger partial charge on any atom is 0.163 e. The average Bonchev–Trinajstić information content (AvgIpc) is 2.73. The van der Waals surface area contributed by atoms with Crippen molar-refractivity contribution in [2.75, 3.05) is 13.2 Å². The minimum atomic E-state index is -0.183. The van der Waals surface area contributed by atoms with Crippen molar-refractivity contribution in [3.05, 3.63) is 93.2 Å². The van der Waals surface area contributed by atoms with Gasteiger partial charge < -0.3 is 14.8 Å². The second-order valence-electron chi connectivity index (χ2n) is 6.76. The van der Waals surface area contributed by atoms with Gasteiger partial charge in [0.1, 0.15) is 12.4 Å². The Balaban J connectivity index is 1.62. The lowest BCUT2D eigenvalue weighted by Gasteiger charge is -2.15. The van der Waals surface area contributed by atoms with Gasteiger partial charge in [0.15, 0.2) is 11.5 Å². The lowest BCUT2D eigenvalue weighted by atomic mass is 10.1. The molecule has 0 atom stereocenters. The molecule has 3 rings (SSSR count). The van der Waals surface area contributed by atoms with E-state index in [0.717, 1.165) is 11.1 Å². The molecule has 0 fully saturated rings. The normalized spacial score (nSPS) is 10.8. The van der Waals surface area contributed by atoms with Crippen LogP contribution in [0.4, 0.5) is 4.39 Å². The fourth-order valence-corrected chi connectivity index (χ4v) is 3.46. The summed E-state index contributed by atoms with van der Waals surface area (Å²) in [6.45, 7) is 3.96. The first-order chi connectivity index (χ1) is 14.6. The number of hydrogen-bond donors (Lipinski definition) is 1. The van der Waals surface area contributed by atoms with Crippen molar-refractivity contribution in [3.63, 3.8) is 0 Å². The first kappa shape index (κ1) is 22.4. The molecule has 0 aliphatic heterocycles. The fraction of sp³-hybridized carbons (Fsp3) is 0.250. The summed E-state index contributed by atoms with van der Waals surface area (Å²) in [5, 5.41) is 4.55.